The van der Waals surface area contributed by atoms with Crippen molar-refractivity contribution in [3.63, 3.8) is 0 Å². The van der Waals surface area contributed by atoms with Crippen molar-refractivity contribution >= 4 is 11.9 Å². The Morgan fingerprint density at radius 2 is 1.90 bits per heavy atom. The standard InChI is InChI=1S/C17H14O3/c1-12-5-7-13(8-6-12)15(18)10-9-14-3-2-4-16-17(14)20-11-19-16/h2-10H,11H2,1H3/b10-9+. The highest BCUT2D eigenvalue weighted by Gasteiger charge is 2.15. The zero-order chi connectivity index (χ0) is 13.9. The minimum atomic E-state index is -0.0264. The lowest BCUT2D eigenvalue weighted by atomic mass is 10.1. The predicted molar refractivity (Wildman–Crippen MR) is 77.1 cm³/mol. The van der Waals surface area contributed by atoms with Crippen LogP contribution in [0.4, 0.5) is 0 Å². The van der Waals surface area contributed by atoms with Crippen LogP contribution in [0.2, 0.25) is 0 Å². The van der Waals surface area contributed by atoms with Crippen LogP contribution in [-0.2, 0) is 0 Å². The molecule has 1 aliphatic heterocycles. The zero-order valence-corrected chi connectivity index (χ0v) is 11.1. The summed E-state index contributed by atoms with van der Waals surface area (Å²) in [5, 5.41) is 0. The van der Waals surface area contributed by atoms with E-state index < -0.39 is 0 Å². The first-order valence-electron chi connectivity index (χ1n) is 6.42. The molecule has 0 aromatic heterocycles. The van der Waals surface area contributed by atoms with Crippen molar-refractivity contribution in [2.24, 2.45) is 0 Å². The van der Waals surface area contributed by atoms with E-state index in [4.69, 9.17) is 9.47 Å². The molecule has 0 N–H and O–H groups in total. The van der Waals surface area contributed by atoms with Gasteiger partial charge in [-0.15, -0.1) is 0 Å². The van der Waals surface area contributed by atoms with Gasteiger partial charge in [-0.25, -0.2) is 0 Å². The molecule has 0 spiro atoms. The first-order chi connectivity index (χ1) is 9.74. The number of hydrogen-bond acceptors (Lipinski definition) is 3. The van der Waals surface area contributed by atoms with Gasteiger partial charge in [0, 0.05) is 11.1 Å². The van der Waals surface area contributed by atoms with Gasteiger partial charge in [-0.3, -0.25) is 4.79 Å². The van der Waals surface area contributed by atoms with Crippen LogP contribution in [0.25, 0.3) is 6.08 Å². The second-order valence-electron chi connectivity index (χ2n) is 4.64. The highest BCUT2D eigenvalue weighted by Crippen LogP contribution is 2.35. The number of ketones is 1. The molecule has 20 heavy (non-hydrogen) atoms. The van der Waals surface area contributed by atoms with Crippen LogP contribution < -0.4 is 9.47 Å². The molecule has 3 nitrogen and oxygen atoms in total. The minimum Gasteiger partial charge on any atom is -0.454 e. The number of carbonyl (C=O) groups excluding carboxylic acids is 1. The number of fused-ring (bicyclic) bond motifs is 1. The first-order valence-corrected chi connectivity index (χ1v) is 6.42. The third-order valence-corrected chi connectivity index (χ3v) is 3.18. The lowest BCUT2D eigenvalue weighted by Crippen LogP contribution is -1.94. The fourth-order valence-corrected chi connectivity index (χ4v) is 2.06. The van der Waals surface area contributed by atoms with E-state index in [9.17, 15) is 4.79 Å². The van der Waals surface area contributed by atoms with Crippen LogP contribution in [0, 0.1) is 6.92 Å². The summed E-state index contributed by atoms with van der Waals surface area (Å²) >= 11 is 0. The Kier molecular flexibility index (Phi) is 3.25. The quantitative estimate of drug-likeness (QED) is 0.628. The molecule has 0 saturated heterocycles. The van der Waals surface area contributed by atoms with Crippen molar-refractivity contribution in [2.45, 2.75) is 6.92 Å². The third kappa shape index (κ3) is 2.43. The van der Waals surface area contributed by atoms with Gasteiger partial charge >= 0.3 is 0 Å². The number of para-hydroxylation sites is 1. The number of hydrogen-bond donors (Lipinski definition) is 0. The van der Waals surface area contributed by atoms with Crippen LogP contribution in [0.5, 0.6) is 11.5 Å². The Bertz CT molecular complexity index is 669. The largest absolute Gasteiger partial charge is 0.454 e. The Balaban J connectivity index is 1.82. The molecule has 0 saturated carbocycles. The van der Waals surface area contributed by atoms with Crippen LogP contribution in [0.15, 0.2) is 48.5 Å². The van der Waals surface area contributed by atoms with Crippen molar-refractivity contribution in [3.05, 3.63) is 65.2 Å². The molecule has 0 radical (unpaired) electrons. The van der Waals surface area contributed by atoms with Gasteiger partial charge in [-0.05, 0) is 25.1 Å². The van der Waals surface area contributed by atoms with Crippen molar-refractivity contribution in [1.82, 2.24) is 0 Å². The Morgan fingerprint density at radius 3 is 2.70 bits per heavy atom. The summed E-state index contributed by atoms with van der Waals surface area (Å²) in [6, 6.07) is 13.1. The monoisotopic (exact) mass is 266 g/mol. The van der Waals surface area contributed by atoms with Gasteiger partial charge in [0.2, 0.25) is 6.79 Å². The average Bonchev–Trinajstić information content (AvgIpc) is 2.94. The molecule has 1 aliphatic rings. The van der Waals surface area contributed by atoms with E-state index in [1.165, 1.54) is 0 Å². The summed E-state index contributed by atoms with van der Waals surface area (Å²) in [4.78, 5) is 12.1. The molecule has 3 rings (SSSR count). The topological polar surface area (TPSA) is 35.5 Å². The van der Waals surface area contributed by atoms with Gasteiger partial charge < -0.3 is 9.47 Å². The summed E-state index contributed by atoms with van der Waals surface area (Å²) in [6.07, 6.45) is 3.32. The smallest absolute Gasteiger partial charge is 0.231 e. The van der Waals surface area contributed by atoms with Crippen molar-refractivity contribution < 1.29 is 14.3 Å². The molecular weight excluding hydrogens is 252 g/mol. The lowest BCUT2D eigenvalue weighted by molar-refractivity contribution is 0.104. The maximum Gasteiger partial charge on any atom is 0.231 e. The molecular formula is C17H14O3. The molecule has 0 unspecified atom stereocenters. The minimum absolute atomic E-state index is 0.0264. The lowest BCUT2D eigenvalue weighted by Gasteiger charge is -2.00. The van der Waals surface area contributed by atoms with Crippen molar-refractivity contribution in [3.8, 4) is 11.5 Å². The molecule has 2 aromatic rings. The summed E-state index contributed by atoms with van der Waals surface area (Å²) < 4.78 is 10.7. The van der Waals surface area contributed by atoms with Gasteiger partial charge in [-0.2, -0.15) is 0 Å². The molecule has 0 amide bonds. The number of ether oxygens (including phenoxy) is 2. The molecule has 3 heteroatoms. The van der Waals surface area contributed by atoms with E-state index in [1.807, 2.05) is 49.4 Å². The second-order valence-corrected chi connectivity index (χ2v) is 4.64. The second kappa shape index (κ2) is 5.21. The summed E-state index contributed by atoms with van der Waals surface area (Å²) in [6.45, 7) is 2.22. The van der Waals surface area contributed by atoms with E-state index in [2.05, 4.69) is 0 Å². The summed E-state index contributed by atoms with van der Waals surface area (Å²) in [5.74, 6) is 1.39. The number of benzene rings is 2. The Morgan fingerprint density at radius 1 is 1.10 bits per heavy atom. The Hall–Kier alpha value is -2.55. The highest BCUT2D eigenvalue weighted by molar-refractivity contribution is 6.07. The summed E-state index contributed by atoms with van der Waals surface area (Å²) in [5.41, 5.74) is 2.66. The van der Waals surface area contributed by atoms with E-state index in [0.29, 0.717) is 11.3 Å². The normalized spacial score (nSPS) is 12.8. The zero-order valence-electron chi connectivity index (χ0n) is 11.1. The van der Waals surface area contributed by atoms with Gasteiger partial charge in [-0.1, -0.05) is 42.0 Å². The number of rotatable bonds is 3. The number of aryl methyl sites for hydroxylation is 1. The van der Waals surface area contributed by atoms with Crippen molar-refractivity contribution in [2.75, 3.05) is 6.79 Å². The maximum absolute atomic E-state index is 12.1. The van der Waals surface area contributed by atoms with Crippen LogP contribution in [0.1, 0.15) is 21.5 Å². The predicted octanol–water partition coefficient (Wildman–Crippen LogP) is 3.62. The van der Waals surface area contributed by atoms with Crippen LogP contribution in [0.3, 0.4) is 0 Å². The number of carbonyl (C=O) groups is 1. The highest BCUT2D eigenvalue weighted by atomic mass is 16.7. The molecule has 0 bridgehead atoms. The van der Waals surface area contributed by atoms with Crippen LogP contribution in [-0.4, -0.2) is 12.6 Å². The van der Waals surface area contributed by atoms with Gasteiger partial charge in [0.25, 0.3) is 0 Å². The molecule has 0 aliphatic carbocycles. The molecule has 0 fully saturated rings. The SMILES string of the molecule is Cc1ccc(C(=O)/C=C/c2cccc3c2OCO3)cc1. The average molecular weight is 266 g/mol. The molecule has 100 valence electrons. The van der Waals surface area contributed by atoms with E-state index in [0.717, 1.165) is 16.9 Å². The van der Waals surface area contributed by atoms with Gasteiger partial charge in [0.05, 0.1) is 0 Å². The van der Waals surface area contributed by atoms with Gasteiger partial charge in [0.15, 0.2) is 17.3 Å². The first kappa shape index (κ1) is 12.5. The van der Waals surface area contributed by atoms with Gasteiger partial charge in [0.1, 0.15) is 0 Å². The molecule has 1 heterocycles. The fraction of sp³-hybridized carbons (Fsp3) is 0.118. The van der Waals surface area contributed by atoms with Crippen LogP contribution >= 0.6 is 0 Å². The number of allylic oxidation sites excluding steroid dienone is 1. The van der Waals surface area contributed by atoms with E-state index >= 15 is 0 Å². The Labute approximate surface area is 117 Å². The molecule has 0 atom stereocenters. The maximum atomic E-state index is 12.1. The summed E-state index contributed by atoms with van der Waals surface area (Å²) in [7, 11) is 0. The van der Waals surface area contributed by atoms with E-state index in [-0.39, 0.29) is 12.6 Å². The van der Waals surface area contributed by atoms with E-state index in [1.54, 1.807) is 12.2 Å². The third-order valence-electron chi connectivity index (χ3n) is 3.18. The van der Waals surface area contributed by atoms with Crippen molar-refractivity contribution in [1.29, 1.82) is 0 Å². The fourth-order valence-electron chi connectivity index (χ4n) is 2.06. The molecule has 2 aromatic carbocycles.